The van der Waals surface area contributed by atoms with E-state index in [0.29, 0.717) is 13.0 Å². The van der Waals surface area contributed by atoms with Crippen LogP contribution in [-0.2, 0) is 22.5 Å². The molecule has 1 aromatic heterocycles. The van der Waals surface area contributed by atoms with Gasteiger partial charge < -0.3 is 14.5 Å². The van der Waals surface area contributed by atoms with E-state index < -0.39 is 0 Å². The zero-order chi connectivity index (χ0) is 21.2. The lowest BCUT2D eigenvalue weighted by atomic mass is 10.0. The summed E-state index contributed by atoms with van der Waals surface area (Å²) in [6, 6.07) is 0. The van der Waals surface area contributed by atoms with E-state index in [1.54, 1.807) is 0 Å². The molecule has 0 aromatic carbocycles. The molecule has 1 saturated heterocycles. The highest BCUT2D eigenvalue weighted by molar-refractivity contribution is 5.76. The summed E-state index contributed by atoms with van der Waals surface area (Å²) in [6.45, 7) is 8.84. The van der Waals surface area contributed by atoms with Crippen LogP contribution in [-0.4, -0.2) is 53.6 Å². The quantitative estimate of drug-likeness (QED) is 0.500. The van der Waals surface area contributed by atoms with Crippen LogP contribution in [0.25, 0.3) is 0 Å². The van der Waals surface area contributed by atoms with Crippen molar-refractivity contribution >= 4 is 11.7 Å². The van der Waals surface area contributed by atoms with Crippen LogP contribution in [0.4, 0.5) is 5.82 Å². The maximum atomic E-state index is 12.8. The van der Waals surface area contributed by atoms with Gasteiger partial charge in [-0.05, 0) is 13.3 Å². The fourth-order valence-electron chi connectivity index (χ4n) is 4.51. The fraction of sp³-hybridized carbons (Fsp3) is 0.792. The zero-order valence-electron chi connectivity index (χ0n) is 19.1. The van der Waals surface area contributed by atoms with Crippen LogP contribution >= 0.6 is 0 Å². The normalized spacial score (nSPS) is 16.6. The van der Waals surface area contributed by atoms with Crippen molar-refractivity contribution < 1.29 is 9.53 Å². The van der Waals surface area contributed by atoms with Gasteiger partial charge in [-0.25, -0.2) is 9.97 Å². The van der Waals surface area contributed by atoms with E-state index in [-0.39, 0.29) is 5.91 Å². The number of carbonyl (C=O) groups excluding carboxylic acids is 1. The van der Waals surface area contributed by atoms with Crippen molar-refractivity contribution in [3.05, 3.63) is 17.1 Å². The topological polar surface area (TPSA) is 58.6 Å². The van der Waals surface area contributed by atoms with Crippen LogP contribution in [0.3, 0.4) is 0 Å². The molecule has 3 rings (SSSR count). The van der Waals surface area contributed by atoms with Crippen LogP contribution in [0.15, 0.2) is 0 Å². The molecule has 2 aliphatic rings. The first-order chi connectivity index (χ1) is 14.7. The van der Waals surface area contributed by atoms with Crippen molar-refractivity contribution in [1.82, 2.24) is 14.9 Å². The Morgan fingerprint density at radius 1 is 0.933 bits per heavy atom. The van der Waals surface area contributed by atoms with Crippen LogP contribution in [0.5, 0.6) is 0 Å². The molecule has 0 atom stereocenters. The van der Waals surface area contributed by atoms with E-state index in [1.807, 2.05) is 11.8 Å². The minimum atomic E-state index is 0.289. The van der Waals surface area contributed by atoms with Gasteiger partial charge in [0.1, 0.15) is 11.6 Å². The molecule has 0 aliphatic carbocycles. The Kier molecular flexibility index (Phi) is 9.37. The van der Waals surface area contributed by atoms with E-state index in [4.69, 9.17) is 9.72 Å². The minimum Gasteiger partial charge on any atom is -0.378 e. The van der Waals surface area contributed by atoms with Gasteiger partial charge in [-0.2, -0.15) is 0 Å². The van der Waals surface area contributed by atoms with Crippen molar-refractivity contribution in [2.45, 2.75) is 91.0 Å². The van der Waals surface area contributed by atoms with Crippen molar-refractivity contribution in [3.63, 3.8) is 0 Å². The first-order valence-electron chi connectivity index (χ1n) is 12.2. The minimum absolute atomic E-state index is 0.289. The highest BCUT2D eigenvalue weighted by Gasteiger charge is 2.27. The number of morpholine rings is 1. The van der Waals surface area contributed by atoms with Gasteiger partial charge in [-0.15, -0.1) is 0 Å². The van der Waals surface area contributed by atoms with E-state index in [9.17, 15) is 4.79 Å². The zero-order valence-corrected chi connectivity index (χ0v) is 19.1. The number of rotatable bonds is 11. The molecule has 1 aromatic rings. The lowest BCUT2D eigenvalue weighted by molar-refractivity contribution is -0.132. The van der Waals surface area contributed by atoms with E-state index in [2.05, 4.69) is 16.8 Å². The predicted octanol–water partition coefficient (Wildman–Crippen LogP) is 4.43. The number of fused-ring (bicyclic) bond motifs is 1. The van der Waals surface area contributed by atoms with Gasteiger partial charge in [0.2, 0.25) is 5.91 Å². The largest absolute Gasteiger partial charge is 0.378 e. The molecule has 1 fully saturated rings. The molecule has 1 amide bonds. The standard InChI is InChI=1S/C24H40N4O2/c1-3-4-5-6-7-8-9-10-11-12-23(29)28-14-13-22-21(19-28)24(26-20(2)25-22)27-15-17-30-18-16-27/h3-19H2,1-2H3. The monoisotopic (exact) mass is 416 g/mol. The number of hydrogen-bond donors (Lipinski definition) is 0. The van der Waals surface area contributed by atoms with Gasteiger partial charge in [0.15, 0.2) is 0 Å². The van der Waals surface area contributed by atoms with Crippen LogP contribution < -0.4 is 4.90 Å². The molecule has 6 nitrogen and oxygen atoms in total. The Morgan fingerprint density at radius 3 is 2.30 bits per heavy atom. The summed E-state index contributed by atoms with van der Waals surface area (Å²) in [4.78, 5) is 26.6. The molecule has 0 spiro atoms. The number of aromatic nitrogens is 2. The number of carbonyl (C=O) groups is 1. The molecule has 168 valence electrons. The highest BCUT2D eigenvalue weighted by Crippen LogP contribution is 2.28. The van der Waals surface area contributed by atoms with Crippen molar-refractivity contribution in [2.24, 2.45) is 0 Å². The lowest BCUT2D eigenvalue weighted by Gasteiger charge is -2.34. The van der Waals surface area contributed by atoms with Gasteiger partial charge in [0.25, 0.3) is 0 Å². The fourth-order valence-corrected chi connectivity index (χ4v) is 4.51. The molecular weight excluding hydrogens is 376 g/mol. The van der Waals surface area contributed by atoms with Gasteiger partial charge in [-0.1, -0.05) is 58.3 Å². The number of hydrogen-bond acceptors (Lipinski definition) is 5. The summed E-state index contributed by atoms with van der Waals surface area (Å²) in [6.07, 6.45) is 13.0. The molecule has 0 bridgehead atoms. The van der Waals surface area contributed by atoms with Crippen molar-refractivity contribution in [2.75, 3.05) is 37.7 Å². The molecule has 2 aliphatic heterocycles. The summed E-state index contributed by atoms with van der Waals surface area (Å²) in [5, 5.41) is 0. The first kappa shape index (κ1) is 23.0. The van der Waals surface area contributed by atoms with Crippen molar-refractivity contribution in [3.8, 4) is 0 Å². The third-order valence-electron chi connectivity index (χ3n) is 6.31. The van der Waals surface area contributed by atoms with E-state index in [0.717, 1.165) is 68.6 Å². The van der Waals surface area contributed by atoms with E-state index >= 15 is 0 Å². The molecule has 0 saturated carbocycles. The average molecular weight is 417 g/mol. The van der Waals surface area contributed by atoms with Gasteiger partial charge in [0.05, 0.1) is 25.5 Å². The number of anilines is 1. The van der Waals surface area contributed by atoms with Gasteiger partial charge in [-0.3, -0.25) is 4.79 Å². The first-order valence-corrected chi connectivity index (χ1v) is 12.2. The Bertz CT molecular complexity index is 673. The Morgan fingerprint density at radius 2 is 1.60 bits per heavy atom. The molecule has 30 heavy (non-hydrogen) atoms. The van der Waals surface area contributed by atoms with Gasteiger partial charge in [0, 0.05) is 38.0 Å². The third-order valence-corrected chi connectivity index (χ3v) is 6.31. The Balaban J connectivity index is 1.45. The summed E-state index contributed by atoms with van der Waals surface area (Å²) >= 11 is 0. The number of unbranched alkanes of at least 4 members (excludes halogenated alkanes) is 8. The second-order valence-corrected chi connectivity index (χ2v) is 8.76. The Hall–Kier alpha value is -1.69. The second-order valence-electron chi connectivity index (χ2n) is 8.76. The molecular formula is C24H40N4O2. The predicted molar refractivity (Wildman–Crippen MR) is 121 cm³/mol. The van der Waals surface area contributed by atoms with E-state index in [1.165, 1.54) is 51.4 Å². The number of ether oxygens (including phenoxy) is 1. The Labute approximate surface area is 182 Å². The summed E-state index contributed by atoms with van der Waals surface area (Å²) in [5.41, 5.74) is 2.27. The summed E-state index contributed by atoms with van der Waals surface area (Å²) in [7, 11) is 0. The average Bonchev–Trinajstić information content (AvgIpc) is 2.77. The molecule has 3 heterocycles. The molecule has 6 heteroatoms. The summed E-state index contributed by atoms with van der Waals surface area (Å²) in [5.74, 6) is 2.13. The third kappa shape index (κ3) is 6.66. The second kappa shape index (κ2) is 12.2. The molecule has 0 radical (unpaired) electrons. The summed E-state index contributed by atoms with van der Waals surface area (Å²) < 4.78 is 5.50. The van der Waals surface area contributed by atoms with Crippen LogP contribution in [0, 0.1) is 6.92 Å². The maximum absolute atomic E-state index is 12.8. The smallest absolute Gasteiger partial charge is 0.222 e. The van der Waals surface area contributed by atoms with Crippen molar-refractivity contribution in [1.29, 1.82) is 0 Å². The van der Waals surface area contributed by atoms with Crippen LogP contribution in [0.1, 0.15) is 88.2 Å². The number of aryl methyl sites for hydroxylation is 1. The maximum Gasteiger partial charge on any atom is 0.222 e. The lowest BCUT2D eigenvalue weighted by Crippen LogP contribution is -2.41. The number of nitrogens with zero attached hydrogens (tertiary/aromatic N) is 4. The van der Waals surface area contributed by atoms with Gasteiger partial charge >= 0.3 is 0 Å². The highest BCUT2D eigenvalue weighted by atomic mass is 16.5. The van der Waals surface area contributed by atoms with Crippen LogP contribution in [0.2, 0.25) is 0 Å². The molecule has 0 unspecified atom stereocenters. The number of amides is 1. The SMILES string of the molecule is CCCCCCCCCCCC(=O)N1CCc2nc(C)nc(N3CCOCC3)c2C1. The molecule has 0 N–H and O–H groups in total.